The molecule has 0 saturated carbocycles. The maximum atomic E-state index is 4.33. The molecule has 0 atom stereocenters. The molecular formula is C8H10N4. The van der Waals surface area contributed by atoms with Gasteiger partial charge in [-0.25, -0.2) is 14.5 Å². The van der Waals surface area contributed by atoms with Crippen molar-refractivity contribution in [2.75, 3.05) is 0 Å². The lowest BCUT2D eigenvalue weighted by atomic mass is 10.2. The summed E-state index contributed by atoms with van der Waals surface area (Å²) in [5.74, 6) is 1.06. The second-order valence-corrected chi connectivity index (χ2v) is 3.01. The predicted octanol–water partition coefficient (Wildman–Crippen LogP) is 1.25. The largest absolute Gasteiger partial charge is 0.250 e. The Morgan fingerprint density at radius 1 is 1.33 bits per heavy atom. The first kappa shape index (κ1) is 7.21. The third-order valence-electron chi connectivity index (χ3n) is 1.73. The van der Waals surface area contributed by atoms with E-state index in [4.69, 9.17) is 0 Å². The van der Waals surface area contributed by atoms with E-state index in [1.54, 1.807) is 23.1 Å². The van der Waals surface area contributed by atoms with Gasteiger partial charge in [0.05, 0.1) is 18.1 Å². The average Bonchev–Trinajstić information content (AvgIpc) is 2.49. The summed E-state index contributed by atoms with van der Waals surface area (Å²) in [4.78, 5) is 8.16. The first-order chi connectivity index (χ1) is 5.77. The van der Waals surface area contributed by atoms with Crippen molar-refractivity contribution in [3.8, 4) is 0 Å². The van der Waals surface area contributed by atoms with Gasteiger partial charge in [-0.05, 0) is 5.92 Å². The van der Waals surface area contributed by atoms with Gasteiger partial charge in [-0.2, -0.15) is 5.10 Å². The molecule has 0 saturated heterocycles. The highest BCUT2D eigenvalue weighted by molar-refractivity contribution is 5.24. The molecule has 0 aliphatic rings. The molecule has 2 aromatic rings. The summed E-state index contributed by atoms with van der Waals surface area (Å²) in [6.07, 6.45) is 5.26. The summed E-state index contributed by atoms with van der Waals surface area (Å²) in [6.45, 7) is 4.18. The van der Waals surface area contributed by atoms with Crippen LogP contribution in [0.15, 0.2) is 18.6 Å². The van der Waals surface area contributed by atoms with E-state index in [1.807, 2.05) is 0 Å². The zero-order chi connectivity index (χ0) is 8.55. The standard InChI is InChI=1S/C8H10N4/c1-6(2)7-5-10-8-9-3-4-12(8)11-7/h3-6H,1-2H3. The lowest BCUT2D eigenvalue weighted by Gasteiger charge is -2.02. The average molecular weight is 162 g/mol. The molecule has 0 N–H and O–H groups in total. The Bertz CT molecular complexity index is 391. The number of rotatable bonds is 1. The molecule has 2 heterocycles. The minimum Gasteiger partial charge on any atom is -0.218 e. The Kier molecular flexibility index (Phi) is 1.53. The van der Waals surface area contributed by atoms with E-state index >= 15 is 0 Å². The van der Waals surface area contributed by atoms with Gasteiger partial charge in [-0.15, -0.1) is 0 Å². The van der Waals surface area contributed by atoms with E-state index in [0.717, 1.165) is 5.69 Å². The molecule has 62 valence electrons. The molecule has 0 radical (unpaired) electrons. The molecule has 0 spiro atoms. The molecule has 0 aromatic carbocycles. The fraction of sp³-hybridized carbons (Fsp3) is 0.375. The zero-order valence-electron chi connectivity index (χ0n) is 7.10. The normalized spacial score (nSPS) is 11.2. The van der Waals surface area contributed by atoms with Gasteiger partial charge in [-0.3, -0.25) is 0 Å². The summed E-state index contributed by atoms with van der Waals surface area (Å²) in [5, 5.41) is 4.33. The minimum absolute atomic E-state index is 0.407. The van der Waals surface area contributed by atoms with Gasteiger partial charge in [0.2, 0.25) is 0 Å². The number of hydrogen-bond donors (Lipinski definition) is 0. The maximum absolute atomic E-state index is 4.33. The van der Waals surface area contributed by atoms with E-state index < -0.39 is 0 Å². The Labute approximate surface area is 70.3 Å². The molecule has 2 rings (SSSR count). The van der Waals surface area contributed by atoms with Gasteiger partial charge in [0.15, 0.2) is 0 Å². The van der Waals surface area contributed by atoms with Crippen LogP contribution in [0.4, 0.5) is 0 Å². The van der Waals surface area contributed by atoms with Gasteiger partial charge in [0.25, 0.3) is 5.78 Å². The van der Waals surface area contributed by atoms with E-state index in [1.165, 1.54) is 0 Å². The first-order valence-electron chi connectivity index (χ1n) is 3.93. The number of nitrogens with zero attached hydrogens (tertiary/aromatic N) is 4. The van der Waals surface area contributed by atoms with Crippen molar-refractivity contribution in [1.82, 2.24) is 19.6 Å². The summed E-state index contributed by atoms with van der Waals surface area (Å²) in [7, 11) is 0. The monoisotopic (exact) mass is 162 g/mol. The smallest absolute Gasteiger partial charge is 0.218 e. The van der Waals surface area contributed by atoms with Crippen LogP contribution in [-0.2, 0) is 0 Å². The van der Waals surface area contributed by atoms with Crippen molar-refractivity contribution in [3.63, 3.8) is 0 Å². The van der Waals surface area contributed by atoms with Crippen LogP contribution < -0.4 is 0 Å². The summed E-state index contributed by atoms with van der Waals surface area (Å²) >= 11 is 0. The topological polar surface area (TPSA) is 43.1 Å². The number of hydrogen-bond acceptors (Lipinski definition) is 3. The second-order valence-electron chi connectivity index (χ2n) is 3.01. The van der Waals surface area contributed by atoms with Crippen molar-refractivity contribution in [2.24, 2.45) is 0 Å². The molecule has 0 amide bonds. The molecule has 0 bridgehead atoms. The van der Waals surface area contributed by atoms with E-state index in [0.29, 0.717) is 11.7 Å². The van der Waals surface area contributed by atoms with Crippen LogP contribution in [-0.4, -0.2) is 19.6 Å². The van der Waals surface area contributed by atoms with E-state index in [2.05, 4.69) is 28.9 Å². The molecular weight excluding hydrogens is 152 g/mol. The van der Waals surface area contributed by atoms with Crippen molar-refractivity contribution >= 4 is 5.78 Å². The quantitative estimate of drug-likeness (QED) is 0.633. The van der Waals surface area contributed by atoms with Gasteiger partial charge in [0, 0.05) is 6.20 Å². The Morgan fingerprint density at radius 3 is 2.92 bits per heavy atom. The number of fused-ring (bicyclic) bond motifs is 1. The van der Waals surface area contributed by atoms with Crippen LogP contribution in [0, 0.1) is 0 Å². The highest BCUT2D eigenvalue weighted by Gasteiger charge is 2.02. The van der Waals surface area contributed by atoms with E-state index in [-0.39, 0.29) is 0 Å². The van der Waals surface area contributed by atoms with Gasteiger partial charge in [-0.1, -0.05) is 13.8 Å². The summed E-state index contributed by atoms with van der Waals surface area (Å²) in [5.41, 5.74) is 0.987. The zero-order valence-corrected chi connectivity index (χ0v) is 7.10. The molecule has 0 aliphatic carbocycles. The highest BCUT2D eigenvalue weighted by atomic mass is 15.3. The fourth-order valence-electron chi connectivity index (χ4n) is 0.998. The van der Waals surface area contributed by atoms with Crippen LogP contribution in [0.25, 0.3) is 5.78 Å². The van der Waals surface area contributed by atoms with Crippen LogP contribution in [0.5, 0.6) is 0 Å². The molecule has 12 heavy (non-hydrogen) atoms. The van der Waals surface area contributed by atoms with Gasteiger partial charge in [0.1, 0.15) is 0 Å². The SMILES string of the molecule is CC(C)c1cnc2nccn2n1. The highest BCUT2D eigenvalue weighted by Crippen LogP contribution is 2.08. The van der Waals surface area contributed by atoms with Crippen LogP contribution in [0.3, 0.4) is 0 Å². The fourth-order valence-corrected chi connectivity index (χ4v) is 0.998. The number of aromatic nitrogens is 4. The van der Waals surface area contributed by atoms with Crippen molar-refractivity contribution in [3.05, 3.63) is 24.3 Å². The predicted molar refractivity (Wildman–Crippen MR) is 44.9 cm³/mol. The van der Waals surface area contributed by atoms with E-state index in [9.17, 15) is 0 Å². The Balaban J connectivity index is 2.60. The second kappa shape index (κ2) is 2.55. The van der Waals surface area contributed by atoms with Crippen LogP contribution in [0.1, 0.15) is 25.5 Å². The van der Waals surface area contributed by atoms with Crippen LogP contribution in [0.2, 0.25) is 0 Å². The molecule has 2 aromatic heterocycles. The third-order valence-corrected chi connectivity index (χ3v) is 1.73. The Morgan fingerprint density at radius 2 is 2.17 bits per heavy atom. The van der Waals surface area contributed by atoms with Gasteiger partial charge >= 0.3 is 0 Å². The van der Waals surface area contributed by atoms with Crippen molar-refractivity contribution in [2.45, 2.75) is 19.8 Å². The molecule has 4 nitrogen and oxygen atoms in total. The van der Waals surface area contributed by atoms with Gasteiger partial charge < -0.3 is 0 Å². The lowest BCUT2D eigenvalue weighted by Crippen LogP contribution is -2.00. The summed E-state index contributed by atoms with van der Waals surface area (Å²) in [6, 6.07) is 0. The molecule has 0 aliphatic heterocycles. The van der Waals surface area contributed by atoms with Crippen molar-refractivity contribution in [1.29, 1.82) is 0 Å². The molecule has 0 fully saturated rings. The maximum Gasteiger partial charge on any atom is 0.250 e. The summed E-state index contributed by atoms with van der Waals surface area (Å²) < 4.78 is 1.69. The number of imidazole rings is 1. The van der Waals surface area contributed by atoms with Crippen molar-refractivity contribution < 1.29 is 0 Å². The third kappa shape index (κ3) is 1.05. The Hall–Kier alpha value is -1.45. The molecule has 4 heteroatoms. The minimum atomic E-state index is 0.407. The lowest BCUT2D eigenvalue weighted by molar-refractivity contribution is 0.747. The first-order valence-corrected chi connectivity index (χ1v) is 3.93. The molecule has 0 unspecified atom stereocenters. The van der Waals surface area contributed by atoms with Crippen LogP contribution >= 0.6 is 0 Å².